The summed E-state index contributed by atoms with van der Waals surface area (Å²) in [4.78, 5) is 17.6. The van der Waals surface area contributed by atoms with E-state index in [4.69, 9.17) is 4.74 Å². The maximum absolute atomic E-state index is 13.0. The van der Waals surface area contributed by atoms with Gasteiger partial charge in [-0.25, -0.2) is 13.4 Å². The van der Waals surface area contributed by atoms with E-state index in [2.05, 4.69) is 21.1 Å². The van der Waals surface area contributed by atoms with Gasteiger partial charge < -0.3 is 4.74 Å². The molecule has 0 atom stereocenters. The molecule has 1 amide bonds. The molecule has 7 nitrogen and oxygen atoms in total. The van der Waals surface area contributed by atoms with Crippen molar-refractivity contribution in [3.63, 3.8) is 0 Å². The number of para-hydroxylation sites is 1. The van der Waals surface area contributed by atoms with Gasteiger partial charge in [0.1, 0.15) is 5.75 Å². The minimum atomic E-state index is -3.91. The minimum absolute atomic E-state index is 0.0570. The number of nitrogens with one attached hydrogen (secondary N) is 2. The zero-order valence-corrected chi connectivity index (χ0v) is 20.5. The van der Waals surface area contributed by atoms with Crippen molar-refractivity contribution in [2.75, 3.05) is 17.1 Å². The second-order valence-corrected chi connectivity index (χ2v) is 10.2. The highest BCUT2D eigenvalue weighted by atomic mass is 32.2. The van der Waals surface area contributed by atoms with Crippen LogP contribution in [0.4, 0.5) is 10.8 Å². The second-order valence-electron chi connectivity index (χ2n) is 7.64. The van der Waals surface area contributed by atoms with Crippen molar-refractivity contribution < 1.29 is 17.9 Å². The van der Waals surface area contributed by atoms with Crippen LogP contribution in [-0.4, -0.2) is 26.4 Å². The summed E-state index contributed by atoms with van der Waals surface area (Å²) < 4.78 is 33.3. The number of hydrogen-bond donors (Lipinski definition) is 2. The number of carbonyl (C=O) groups excluding carboxylic acids is 1. The van der Waals surface area contributed by atoms with Crippen LogP contribution in [0.2, 0.25) is 0 Å². The number of nitrogens with zero attached hydrogens (tertiary/aromatic N) is 1. The molecule has 0 radical (unpaired) electrons. The lowest BCUT2D eigenvalue weighted by Crippen LogP contribution is -2.18. The van der Waals surface area contributed by atoms with Crippen molar-refractivity contribution in [2.24, 2.45) is 0 Å². The number of aryl methyl sites for hydroxylation is 2. The summed E-state index contributed by atoms with van der Waals surface area (Å²) >= 11 is 1.31. The van der Waals surface area contributed by atoms with Crippen LogP contribution in [0.3, 0.4) is 0 Å². The van der Waals surface area contributed by atoms with Crippen LogP contribution in [0, 0.1) is 13.8 Å². The first kappa shape index (κ1) is 23.5. The van der Waals surface area contributed by atoms with E-state index in [9.17, 15) is 13.2 Å². The largest absolute Gasteiger partial charge is 0.497 e. The Morgan fingerprint density at radius 3 is 2.44 bits per heavy atom. The number of benzene rings is 3. The molecule has 0 spiro atoms. The van der Waals surface area contributed by atoms with Gasteiger partial charge in [-0.05, 0) is 55.8 Å². The van der Waals surface area contributed by atoms with E-state index in [-0.39, 0.29) is 16.1 Å². The number of rotatable bonds is 7. The fourth-order valence-corrected chi connectivity index (χ4v) is 5.23. The number of anilines is 2. The first-order valence-corrected chi connectivity index (χ1v) is 12.7. The molecule has 0 aliphatic heterocycles. The maximum atomic E-state index is 13.0. The van der Waals surface area contributed by atoms with E-state index in [0.29, 0.717) is 10.9 Å². The molecule has 2 N–H and O–H groups in total. The molecule has 174 valence electrons. The Labute approximate surface area is 202 Å². The van der Waals surface area contributed by atoms with Gasteiger partial charge in [0, 0.05) is 10.9 Å². The normalized spacial score (nSPS) is 11.1. The van der Waals surface area contributed by atoms with Crippen molar-refractivity contribution >= 4 is 38.1 Å². The first-order chi connectivity index (χ1) is 16.3. The summed E-state index contributed by atoms with van der Waals surface area (Å²) in [7, 11) is -2.40. The molecule has 0 aliphatic rings. The van der Waals surface area contributed by atoms with E-state index < -0.39 is 15.9 Å². The zero-order valence-electron chi connectivity index (χ0n) is 18.8. The van der Waals surface area contributed by atoms with Crippen LogP contribution in [0.15, 0.2) is 77.0 Å². The Morgan fingerprint density at radius 2 is 1.74 bits per heavy atom. The summed E-state index contributed by atoms with van der Waals surface area (Å²) in [5.74, 6) is 0.0805. The van der Waals surface area contributed by atoms with Gasteiger partial charge in [0.2, 0.25) is 0 Å². The van der Waals surface area contributed by atoms with Crippen molar-refractivity contribution in [3.05, 3.63) is 88.8 Å². The molecule has 9 heteroatoms. The first-order valence-electron chi connectivity index (χ1n) is 10.4. The van der Waals surface area contributed by atoms with E-state index in [1.165, 1.54) is 36.1 Å². The monoisotopic (exact) mass is 493 g/mol. The number of ether oxygens (including phenoxy) is 1. The summed E-state index contributed by atoms with van der Waals surface area (Å²) in [6.07, 6.45) is 0. The lowest BCUT2D eigenvalue weighted by Gasteiger charge is -2.12. The van der Waals surface area contributed by atoms with Crippen molar-refractivity contribution in [1.29, 1.82) is 0 Å². The smallest absolute Gasteiger partial charge is 0.261 e. The lowest BCUT2D eigenvalue weighted by molar-refractivity contribution is 0.102. The highest BCUT2D eigenvalue weighted by Crippen LogP contribution is 2.29. The molecular weight excluding hydrogens is 470 g/mol. The van der Waals surface area contributed by atoms with Crippen LogP contribution < -0.4 is 14.8 Å². The Balaban J connectivity index is 1.54. The average molecular weight is 494 g/mol. The molecule has 0 fully saturated rings. The highest BCUT2D eigenvalue weighted by molar-refractivity contribution is 7.92. The predicted molar refractivity (Wildman–Crippen MR) is 135 cm³/mol. The third-order valence-corrected chi connectivity index (χ3v) is 7.31. The number of aromatic nitrogens is 1. The van der Waals surface area contributed by atoms with Crippen LogP contribution in [0.25, 0.3) is 11.3 Å². The molecule has 0 saturated carbocycles. The summed E-state index contributed by atoms with van der Waals surface area (Å²) in [5, 5.41) is 5.08. The van der Waals surface area contributed by atoms with Gasteiger partial charge in [-0.3, -0.25) is 14.8 Å². The van der Waals surface area contributed by atoms with Crippen LogP contribution in [-0.2, 0) is 10.0 Å². The lowest BCUT2D eigenvalue weighted by atomic mass is 10.0. The molecule has 34 heavy (non-hydrogen) atoms. The van der Waals surface area contributed by atoms with Crippen LogP contribution >= 0.6 is 11.3 Å². The SMILES string of the molecule is COc1ccc(S(=O)(=O)Nc2ccccc2C(=O)Nc2nc(-c3ccc(C)cc3C)cs2)cc1. The molecule has 1 aromatic heterocycles. The molecule has 4 rings (SSSR count). The number of carbonyl (C=O) groups is 1. The number of amides is 1. The standard InChI is InChI=1S/C25H23N3O4S2/c1-16-8-13-20(17(2)14-16)23-15-33-25(26-23)27-24(29)21-6-4-5-7-22(21)28-34(30,31)19-11-9-18(32-3)10-12-19/h4-15,28H,1-3H3,(H,26,27,29). The van der Waals surface area contributed by atoms with Crippen molar-refractivity contribution in [1.82, 2.24) is 4.98 Å². The molecule has 0 bridgehead atoms. The fourth-order valence-electron chi connectivity index (χ4n) is 3.45. The molecule has 0 saturated heterocycles. The zero-order chi connectivity index (χ0) is 24.3. The quantitative estimate of drug-likeness (QED) is 0.355. The van der Waals surface area contributed by atoms with Gasteiger partial charge in [0.25, 0.3) is 15.9 Å². The third kappa shape index (κ3) is 5.11. The number of thiazole rings is 1. The number of hydrogen-bond acceptors (Lipinski definition) is 6. The van der Waals surface area contributed by atoms with Crippen LogP contribution in [0.5, 0.6) is 5.75 Å². The van der Waals surface area contributed by atoms with E-state index >= 15 is 0 Å². The van der Waals surface area contributed by atoms with Crippen molar-refractivity contribution in [3.8, 4) is 17.0 Å². The molecule has 0 unspecified atom stereocenters. The van der Waals surface area contributed by atoms with Gasteiger partial charge in [-0.1, -0.05) is 35.9 Å². The summed E-state index contributed by atoms with van der Waals surface area (Å²) in [6.45, 7) is 4.05. The van der Waals surface area contributed by atoms with Crippen LogP contribution in [0.1, 0.15) is 21.5 Å². The minimum Gasteiger partial charge on any atom is -0.497 e. The summed E-state index contributed by atoms with van der Waals surface area (Å²) in [6, 6.07) is 18.5. The fraction of sp³-hybridized carbons (Fsp3) is 0.120. The molecule has 3 aromatic carbocycles. The van der Waals surface area contributed by atoms with Gasteiger partial charge in [-0.2, -0.15) is 0 Å². The van der Waals surface area contributed by atoms with E-state index in [1.54, 1.807) is 36.4 Å². The van der Waals surface area contributed by atoms with Gasteiger partial charge in [0.15, 0.2) is 5.13 Å². The maximum Gasteiger partial charge on any atom is 0.261 e. The third-order valence-electron chi connectivity index (χ3n) is 5.17. The average Bonchev–Trinajstić information content (AvgIpc) is 3.27. The molecule has 4 aromatic rings. The Kier molecular flexibility index (Phi) is 6.67. The highest BCUT2D eigenvalue weighted by Gasteiger charge is 2.20. The van der Waals surface area contributed by atoms with Crippen molar-refractivity contribution in [2.45, 2.75) is 18.7 Å². The number of methoxy groups -OCH3 is 1. The Bertz CT molecular complexity index is 1450. The van der Waals surface area contributed by atoms with Gasteiger partial charge in [0.05, 0.1) is 29.0 Å². The number of sulfonamides is 1. The van der Waals surface area contributed by atoms with E-state index in [0.717, 1.165) is 16.8 Å². The molecule has 1 heterocycles. The van der Waals surface area contributed by atoms with Gasteiger partial charge in [-0.15, -0.1) is 11.3 Å². The Morgan fingerprint density at radius 1 is 1.00 bits per heavy atom. The van der Waals surface area contributed by atoms with Gasteiger partial charge >= 0.3 is 0 Å². The second kappa shape index (κ2) is 9.66. The summed E-state index contributed by atoms with van der Waals surface area (Å²) in [5.41, 5.74) is 4.38. The molecule has 0 aliphatic carbocycles. The Hall–Kier alpha value is -3.69. The topological polar surface area (TPSA) is 97.4 Å². The molecular formula is C25H23N3O4S2. The van der Waals surface area contributed by atoms with E-state index in [1.807, 2.05) is 31.4 Å². The predicted octanol–water partition coefficient (Wildman–Crippen LogP) is 5.49.